The number of Topliss-reactive ketones (excluding diaryl/α,β-unsaturated/α-hetero) is 1. The highest BCUT2D eigenvalue weighted by molar-refractivity contribution is 6.03. The minimum absolute atomic E-state index is 0.115. The molecule has 0 unspecified atom stereocenters. The van der Waals surface area contributed by atoms with Gasteiger partial charge in [0, 0.05) is 11.3 Å². The number of carboxylic acids is 1. The van der Waals surface area contributed by atoms with E-state index in [1.807, 2.05) is 6.92 Å². The molecule has 1 atom stereocenters. The summed E-state index contributed by atoms with van der Waals surface area (Å²) in [5.41, 5.74) is 2.02. The molecule has 0 aliphatic rings. The molecular weight excluding hydrogens is 248 g/mol. The van der Waals surface area contributed by atoms with Gasteiger partial charge in [-0.05, 0) is 32.8 Å². The first-order valence-corrected chi connectivity index (χ1v) is 6.05. The molecule has 0 bridgehead atoms. The normalized spacial score (nSPS) is 12.0. The molecule has 0 radical (unpaired) electrons. The standard InChI is InChI=1S/C13H18N2O4/c1-5-9-10(8(4)16)6(2)14-11(9)12(17)15-7(3)13(18)19/h7,14H,5H2,1-4H3,(H,15,17)(H,18,19)/t7-/m0/s1. The Labute approximate surface area is 111 Å². The van der Waals surface area contributed by atoms with Crippen LogP contribution < -0.4 is 5.32 Å². The summed E-state index contributed by atoms with van der Waals surface area (Å²) in [4.78, 5) is 37.2. The van der Waals surface area contributed by atoms with E-state index in [0.29, 0.717) is 23.2 Å². The van der Waals surface area contributed by atoms with E-state index in [-0.39, 0.29) is 11.5 Å². The predicted molar refractivity (Wildman–Crippen MR) is 69.5 cm³/mol. The summed E-state index contributed by atoms with van der Waals surface area (Å²) in [5.74, 6) is -1.74. The molecule has 1 heterocycles. The Bertz CT molecular complexity index is 531. The highest BCUT2D eigenvalue weighted by Gasteiger charge is 2.23. The van der Waals surface area contributed by atoms with Gasteiger partial charge in [-0.25, -0.2) is 0 Å². The number of carboxylic acid groups (broad SMARTS) is 1. The third kappa shape index (κ3) is 3.01. The van der Waals surface area contributed by atoms with E-state index in [4.69, 9.17) is 5.11 Å². The van der Waals surface area contributed by atoms with E-state index in [1.165, 1.54) is 13.8 Å². The minimum atomic E-state index is -1.11. The average molecular weight is 266 g/mol. The summed E-state index contributed by atoms with van der Waals surface area (Å²) in [6, 6.07) is -0.985. The third-order valence-electron chi connectivity index (χ3n) is 2.94. The van der Waals surface area contributed by atoms with Crippen molar-refractivity contribution in [3.63, 3.8) is 0 Å². The Hall–Kier alpha value is -2.11. The molecule has 0 spiro atoms. The predicted octanol–water partition coefficient (Wildman–Crippen LogP) is 1.29. The van der Waals surface area contributed by atoms with Crippen molar-refractivity contribution < 1.29 is 19.5 Å². The SMILES string of the molecule is CCc1c(C(=O)N[C@@H](C)C(=O)O)[nH]c(C)c1C(C)=O. The molecule has 6 nitrogen and oxygen atoms in total. The fraction of sp³-hybridized carbons (Fsp3) is 0.462. The van der Waals surface area contributed by atoms with Crippen LogP contribution in [0.15, 0.2) is 0 Å². The number of aryl methyl sites for hydroxylation is 1. The van der Waals surface area contributed by atoms with Gasteiger partial charge in [-0.1, -0.05) is 6.92 Å². The Balaban J connectivity index is 3.14. The molecule has 19 heavy (non-hydrogen) atoms. The minimum Gasteiger partial charge on any atom is -0.480 e. The van der Waals surface area contributed by atoms with Crippen LogP contribution in [0.1, 0.15) is 52.9 Å². The quantitative estimate of drug-likeness (QED) is 0.699. The van der Waals surface area contributed by atoms with Gasteiger partial charge >= 0.3 is 5.97 Å². The number of aromatic amines is 1. The van der Waals surface area contributed by atoms with Gasteiger partial charge in [-0.15, -0.1) is 0 Å². The van der Waals surface area contributed by atoms with Crippen LogP contribution >= 0.6 is 0 Å². The highest BCUT2D eigenvalue weighted by atomic mass is 16.4. The fourth-order valence-electron chi connectivity index (χ4n) is 2.03. The molecule has 0 saturated carbocycles. The summed E-state index contributed by atoms with van der Waals surface area (Å²) in [6.45, 7) is 6.38. The van der Waals surface area contributed by atoms with E-state index in [9.17, 15) is 14.4 Å². The molecule has 104 valence electrons. The van der Waals surface area contributed by atoms with Gasteiger partial charge in [-0.3, -0.25) is 14.4 Å². The lowest BCUT2D eigenvalue weighted by Crippen LogP contribution is -2.38. The summed E-state index contributed by atoms with van der Waals surface area (Å²) in [6.07, 6.45) is 0.517. The van der Waals surface area contributed by atoms with Crippen molar-refractivity contribution in [2.24, 2.45) is 0 Å². The summed E-state index contributed by atoms with van der Waals surface area (Å²) in [7, 11) is 0. The number of H-pyrrole nitrogens is 1. The van der Waals surface area contributed by atoms with Crippen molar-refractivity contribution in [1.82, 2.24) is 10.3 Å². The van der Waals surface area contributed by atoms with Crippen LogP contribution in [0.5, 0.6) is 0 Å². The average Bonchev–Trinajstić information content (AvgIpc) is 2.65. The largest absolute Gasteiger partial charge is 0.480 e. The lowest BCUT2D eigenvalue weighted by Gasteiger charge is -2.09. The van der Waals surface area contributed by atoms with E-state index >= 15 is 0 Å². The zero-order chi connectivity index (χ0) is 14.7. The lowest BCUT2D eigenvalue weighted by molar-refractivity contribution is -0.138. The number of hydrogen-bond donors (Lipinski definition) is 3. The zero-order valence-electron chi connectivity index (χ0n) is 11.5. The van der Waals surface area contributed by atoms with Crippen molar-refractivity contribution in [3.05, 3.63) is 22.5 Å². The highest BCUT2D eigenvalue weighted by Crippen LogP contribution is 2.20. The fourth-order valence-corrected chi connectivity index (χ4v) is 2.03. The number of rotatable bonds is 5. The van der Waals surface area contributed by atoms with E-state index in [0.717, 1.165) is 0 Å². The van der Waals surface area contributed by atoms with Crippen LogP contribution in [0.25, 0.3) is 0 Å². The third-order valence-corrected chi connectivity index (χ3v) is 2.94. The molecule has 1 aromatic rings. The first-order valence-electron chi connectivity index (χ1n) is 6.05. The first-order chi connectivity index (χ1) is 8.79. The van der Waals surface area contributed by atoms with Crippen molar-refractivity contribution >= 4 is 17.7 Å². The number of nitrogens with one attached hydrogen (secondary N) is 2. The van der Waals surface area contributed by atoms with Gasteiger partial charge < -0.3 is 15.4 Å². The molecule has 3 N–H and O–H groups in total. The number of carbonyl (C=O) groups is 3. The number of carbonyl (C=O) groups excluding carboxylic acids is 2. The second kappa shape index (κ2) is 5.69. The van der Waals surface area contributed by atoms with Gasteiger partial charge in [0.25, 0.3) is 5.91 Å². The maximum atomic E-state index is 12.0. The van der Waals surface area contributed by atoms with E-state index in [2.05, 4.69) is 10.3 Å². The number of aliphatic carboxylic acids is 1. The van der Waals surface area contributed by atoms with Crippen molar-refractivity contribution in [2.75, 3.05) is 0 Å². The van der Waals surface area contributed by atoms with Crippen LogP contribution in [0.4, 0.5) is 0 Å². The molecule has 6 heteroatoms. The Morgan fingerprint density at radius 3 is 2.37 bits per heavy atom. The lowest BCUT2D eigenvalue weighted by atomic mass is 10.0. The number of aromatic nitrogens is 1. The van der Waals surface area contributed by atoms with Gasteiger partial charge in [0.15, 0.2) is 5.78 Å². The van der Waals surface area contributed by atoms with Crippen LogP contribution in [0, 0.1) is 6.92 Å². The Kier molecular flexibility index (Phi) is 4.47. The van der Waals surface area contributed by atoms with Crippen LogP contribution in [0.2, 0.25) is 0 Å². The second-order valence-corrected chi connectivity index (χ2v) is 4.42. The number of hydrogen-bond acceptors (Lipinski definition) is 3. The molecule has 1 rings (SSSR count). The molecule has 0 fully saturated rings. The molecule has 1 aromatic heterocycles. The van der Waals surface area contributed by atoms with Crippen LogP contribution in [-0.4, -0.2) is 33.8 Å². The van der Waals surface area contributed by atoms with E-state index in [1.54, 1.807) is 6.92 Å². The topological polar surface area (TPSA) is 99.3 Å². The molecular formula is C13H18N2O4. The van der Waals surface area contributed by atoms with Gasteiger partial charge in [0.1, 0.15) is 11.7 Å². The van der Waals surface area contributed by atoms with Crippen molar-refractivity contribution in [3.8, 4) is 0 Å². The smallest absolute Gasteiger partial charge is 0.325 e. The molecule has 0 aliphatic heterocycles. The second-order valence-electron chi connectivity index (χ2n) is 4.42. The summed E-state index contributed by atoms with van der Waals surface area (Å²) < 4.78 is 0. The molecule has 0 saturated heterocycles. The van der Waals surface area contributed by atoms with Gasteiger partial charge in [0.2, 0.25) is 0 Å². The maximum absolute atomic E-state index is 12.0. The van der Waals surface area contributed by atoms with Gasteiger partial charge in [0.05, 0.1) is 0 Å². The van der Waals surface area contributed by atoms with Crippen molar-refractivity contribution in [1.29, 1.82) is 0 Å². The van der Waals surface area contributed by atoms with Gasteiger partial charge in [-0.2, -0.15) is 0 Å². The molecule has 0 aliphatic carbocycles. The monoisotopic (exact) mass is 266 g/mol. The maximum Gasteiger partial charge on any atom is 0.325 e. The van der Waals surface area contributed by atoms with Crippen LogP contribution in [-0.2, 0) is 11.2 Å². The number of ketones is 1. The summed E-state index contributed by atoms with van der Waals surface area (Å²) in [5, 5.41) is 11.1. The molecule has 0 aromatic carbocycles. The number of amides is 1. The Morgan fingerprint density at radius 2 is 1.95 bits per heavy atom. The first kappa shape index (κ1) is 14.9. The summed E-state index contributed by atoms with van der Waals surface area (Å²) >= 11 is 0. The van der Waals surface area contributed by atoms with E-state index < -0.39 is 17.9 Å². The van der Waals surface area contributed by atoms with Crippen molar-refractivity contribution in [2.45, 2.75) is 40.2 Å². The van der Waals surface area contributed by atoms with Crippen LogP contribution in [0.3, 0.4) is 0 Å². The zero-order valence-corrected chi connectivity index (χ0v) is 11.5. The molecule has 1 amide bonds. The Morgan fingerprint density at radius 1 is 1.37 bits per heavy atom.